The van der Waals surface area contributed by atoms with E-state index in [1.807, 2.05) is 0 Å². The molecule has 0 saturated carbocycles. The van der Waals surface area contributed by atoms with Gasteiger partial charge in [0.2, 0.25) is 5.95 Å². The Balaban J connectivity index is 2.12. The standard InChI is InChI=1S/C9H8N6O/c10-7-5-13-6(4-14-7)8(16)15-9-11-2-1-3-12-9/h1-5H,(H2,10,14)(H,11,12,15,16). The van der Waals surface area contributed by atoms with E-state index in [1.165, 1.54) is 24.8 Å². The van der Waals surface area contributed by atoms with Crippen molar-refractivity contribution in [3.8, 4) is 0 Å². The van der Waals surface area contributed by atoms with Gasteiger partial charge in [-0.2, -0.15) is 0 Å². The fourth-order valence-electron chi connectivity index (χ4n) is 0.984. The molecule has 0 atom stereocenters. The van der Waals surface area contributed by atoms with Crippen LogP contribution in [-0.2, 0) is 0 Å². The van der Waals surface area contributed by atoms with Crippen molar-refractivity contribution in [3.63, 3.8) is 0 Å². The fraction of sp³-hybridized carbons (Fsp3) is 0. The molecule has 2 heterocycles. The molecular formula is C9H8N6O. The largest absolute Gasteiger partial charge is 0.382 e. The van der Waals surface area contributed by atoms with E-state index in [2.05, 4.69) is 25.3 Å². The second-order valence-corrected chi connectivity index (χ2v) is 2.85. The summed E-state index contributed by atoms with van der Waals surface area (Å²) in [5.74, 6) is 0.0392. The van der Waals surface area contributed by atoms with Crippen molar-refractivity contribution in [2.45, 2.75) is 0 Å². The van der Waals surface area contributed by atoms with E-state index in [4.69, 9.17) is 5.73 Å². The third kappa shape index (κ3) is 2.27. The van der Waals surface area contributed by atoms with Gasteiger partial charge in [0.1, 0.15) is 11.5 Å². The van der Waals surface area contributed by atoms with Crippen LogP contribution in [0.4, 0.5) is 11.8 Å². The minimum Gasteiger partial charge on any atom is -0.382 e. The smallest absolute Gasteiger partial charge is 0.278 e. The van der Waals surface area contributed by atoms with Crippen LogP contribution in [0.5, 0.6) is 0 Å². The average molecular weight is 216 g/mol. The zero-order valence-corrected chi connectivity index (χ0v) is 8.16. The van der Waals surface area contributed by atoms with Crippen LogP contribution in [0, 0.1) is 0 Å². The molecule has 0 aliphatic rings. The maximum Gasteiger partial charge on any atom is 0.278 e. The number of aromatic nitrogens is 4. The van der Waals surface area contributed by atoms with E-state index in [-0.39, 0.29) is 17.5 Å². The zero-order valence-electron chi connectivity index (χ0n) is 8.16. The molecule has 1 amide bonds. The topological polar surface area (TPSA) is 107 Å². The molecule has 0 spiro atoms. The molecule has 0 aromatic carbocycles. The van der Waals surface area contributed by atoms with Gasteiger partial charge in [0, 0.05) is 12.4 Å². The minimum atomic E-state index is -0.432. The number of nitrogens with two attached hydrogens (primary N) is 1. The van der Waals surface area contributed by atoms with Gasteiger partial charge >= 0.3 is 0 Å². The number of carbonyl (C=O) groups is 1. The Morgan fingerprint density at radius 2 is 1.88 bits per heavy atom. The highest BCUT2D eigenvalue weighted by molar-refractivity contribution is 6.01. The Kier molecular flexibility index (Phi) is 2.68. The lowest BCUT2D eigenvalue weighted by molar-refractivity contribution is 0.102. The molecule has 7 heteroatoms. The van der Waals surface area contributed by atoms with Crippen molar-refractivity contribution in [2.75, 3.05) is 11.1 Å². The Morgan fingerprint density at radius 1 is 1.12 bits per heavy atom. The highest BCUT2D eigenvalue weighted by Gasteiger charge is 2.08. The van der Waals surface area contributed by atoms with Crippen molar-refractivity contribution >= 4 is 17.7 Å². The van der Waals surface area contributed by atoms with Crippen LogP contribution in [0.15, 0.2) is 30.9 Å². The van der Waals surface area contributed by atoms with Crippen LogP contribution in [0.2, 0.25) is 0 Å². The van der Waals surface area contributed by atoms with Crippen LogP contribution >= 0.6 is 0 Å². The third-order valence-electron chi connectivity index (χ3n) is 1.70. The number of carbonyl (C=O) groups excluding carboxylic acids is 1. The molecule has 0 radical (unpaired) electrons. The Labute approximate surface area is 90.8 Å². The van der Waals surface area contributed by atoms with E-state index in [0.717, 1.165) is 0 Å². The van der Waals surface area contributed by atoms with Crippen LogP contribution in [0.3, 0.4) is 0 Å². The molecular weight excluding hydrogens is 208 g/mol. The normalized spacial score (nSPS) is 9.75. The second kappa shape index (κ2) is 4.30. The summed E-state index contributed by atoms with van der Waals surface area (Å²) < 4.78 is 0. The summed E-state index contributed by atoms with van der Waals surface area (Å²) in [5.41, 5.74) is 5.50. The zero-order chi connectivity index (χ0) is 11.4. The molecule has 0 fully saturated rings. The summed E-state index contributed by atoms with van der Waals surface area (Å²) in [6.45, 7) is 0. The van der Waals surface area contributed by atoms with Gasteiger partial charge in [-0.05, 0) is 6.07 Å². The number of nitrogens with zero attached hydrogens (tertiary/aromatic N) is 4. The van der Waals surface area contributed by atoms with Crippen molar-refractivity contribution < 1.29 is 4.79 Å². The Morgan fingerprint density at radius 3 is 2.50 bits per heavy atom. The van der Waals surface area contributed by atoms with Gasteiger partial charge in [-0.3, -0.25) is 10.1 Å². The molecule has 80 valence electrons. The van der Waals surface area contributed by atoms with Gasteiger partial charge in [-0.1, -0.05) is 0 Å². The molecule has 16 heavy (non-hydrogen) atoms. The summed E-state index contributed by atoms with van der Waals surface area (Å²) in [7, 11) is 0. The predicted octanol–water partition coefficient (Wildman–Crippen LogP) is 0.101. The summed E-state index contributed by atoms with van der Waals surface area (Å²) in [5, 5.41) is 2.47. The number of anilines is 2. The monoisotopic (exact) mass is 216 g/mol. The number of nitrogens with one attached hydrogen (secondary N) is 1. The molecule has 2 aromatic heterocycles. The number of hydrogen-bond acceptors (Lipinski definition) is 6. The highest BCUT2D eigenvalue weighted by Crippen LogP contribution is 2.00. The van der Waals surface area contributed by atoms with Gasteiger partial charge in [0.25, 0.3) is 5.91 Å². The van der Waals surface area contributed by atoms with Crippen molar-refractivity contribution in [1.29, 1.82) is 0 Å². The molecule has 0 saturated heterocycles. The van der Waals surface area contributed by atoms with Gasteiger partial charge < -0.3 is 5.73 Å². The molecule has 3 N–H and O–H groups in total. The van der Waals surface area contributed by atoms with Gasteiger partial charge in [0.05, 0.1) is 12.4 Å². The van der Waals surface area contributed by atoms with Crippen molar-refractivity contribution in [2.24, 2.45) is 0 Å². The highest BCUT2D eigenvalue weighted by atomic mass is 16.2. The lowest BCUT2D eigenvalue weighted by Crippen LogP contribution is -2.15. The van der Waals surface area contributed by atoms with E-state index in [1.54, 1.807) is 6.07 Å². The summed E-state index contributed by atoms with van der Waals surface area (Å²) in [6.07, 6.45) is 5.64. The molecule has 2 rings (SSSR count). The maximum atomic E-state index is 11.6. The molecule has 0 aliphatic heterocycles. The van der Waals surface area contributed by atoms with Crippen LogP contribution in [0.25, 0.3) is 0 Å². The van der Waals surface area contributed by atoms with Crippen LogP contribution < -0.4 is 11.1 Å². The van der Waals surface area contributed by atoms with Crippen LogP contribution in [0.1, 0.15) is 10.5 Å². The molecule has 0 unspecified atom stereocenters. The number of hydrogen-bond donors (Lipinski definition) is 2. The molecule has 7 nitrogen and oxygen atoms in total. The summed E-state index contributed by atoms with van der Waals surface area (Å²) in [6, 6.07) is 1.65. The number of amides is 1. The van der Waals surface area contributed by atoms with E-state index >= 15 is 0 Å². The predicted molar refractivity (Wildman–Crippen MR) is 56.4 cm³/mol. The fourth-order valence-corrected chi connectivity index (χ4v) is 0.984. The first-order valence-corrected chi connectivity index (χ1v) is 4.41. The summed E-state index contributed by atoms with van der Waals surface area (Å²) >= 11 is 0. The maximum absolute atomic E-state index is 11.6. The van der Waals surface area contributed by atoms with Gasteiger partial charge in [0.15, 0.2) is 0 Å². The van der Waals surface area contributed by atoms with Crippen LogP contribution in [-0.4, -0.2) is 25.8 Å². The third-order valence-corrected chi connectivity index (χ3v) is 1.70. The Hall–Kier alpha value is -2.57. The summed E-state index contributed by atoms with van der Waals surface area (Å²) in [4.78, 5) is 26.9. The minimum absolute atomic E-state index is 0.154. The van der Waals surface area contributed by atoms with Gasteiger partial charge in [-0.25, -0.2) is 19.9 Å². The van der Waals surface area contributed by atoms with Crippen molar-refractivity contribution in [1.82, 2.24) is 19.9 Å². The SMILES string of the molecule is Nc1cnc(C(=O)Nc2ncccn2)cn1. The lowest BCUT2D eigenvalue weighted by Gasteiger charge is -2.01. The quantitative estimate of drug-likeness (QED) is 0.737. The number of rotatable bonds is 2. The van der Waals surface area contributed by atoms with E-state index in [0.29, 0.717) is 0 Å². The first kappa shape index (κ1) is 9.97. The van der Waals surface area contributed by atoms with Gasteiger partial charge in [-0.15, -0.1) is 0 Å². The molecule has 2 aromatic rings. The number of nitrogen functional groups attached to an aromatic ring is 1. The van der Waals surface area contributed by atoms with Crippen molar-refractivity contribution in [3.05, 3.63) is 36.5 Å². The average Bonchev–Trinajstić information content (AvgIpc) is 2.31. The molecule has 0 bridgehead atoms. The first-order valence-electron chi connectivity index (χ1n) is 4.41. The Bertz CT molecular complexity index is 483. The van der Waals surface area contributed by atoms with E-state index < -0.39 is 5.91 Å². The lowest BCUT2D eigenvalue weighted by atomic mass is 10.4. The first-order chi connectivity index (χ1) is 7.75. The molecule has 0 aliphatic carbocycles. The van der Waals surface area contributed by atoms with E-state index in [9.17, 15) is 4.79 Å². The second-order valence-electron chi connectivity index (χ2n) is 2.85.